The molecular weight excluding hydrogens is 292 g/mol. The number of carbonyl (C=O) groups excluding carboxylic acids is 1. The van der Waals surface area contributed by atoms with Crippen LogP contribution in [-0.2, 0) is 11.3 Å². The molecule has 21 heavy (non-hydrogen) atoms. The number of ether oxygens (including phenoxy) is 1. The van der Waals surface area contributed by atoms with Crippen LogP contribution in [0, 0.1) is 0 Å². The van der Waals surface area contributed by atoms with E-state index in [0.717, 1.165) is 5.69 Å². The molecule has 2 N–H and O–H groups in total. The Kier molecular flexibility index (Phi) is 5.11. The van der Waals surface area contributed by atoms with Gasteiger partial charge in [-0.25, -0.2) is 0 Å². The summed E-state index contributed by atoms with van der Waals surface area (Å²) >= 11 is 6.04. The number of benzene rings is 1. The summed E-state index contributed by atoms with van der Waals surface area (Å²) in [4.78, 5) is 12.0. The van der Waals surface area contributed by atoms with Crippen LogP contribution in [0.3, 0.4) is 0 Å². The van der Waals surface area contributed by atoms with Gasteiger partial charge in [-0.15, -0.1) is 0 Å². The highest BCUT2D eigenvalue weighted by Crippen LogP contribution is 2.27. The van der Waals surface area contributed by atoms with E-state index < -0.39 is 6.04 Å². The summed E-state index contributed by atoms with van der Waals surface area (Å²) in [7, 11) is 1.55. The number of halogens is 1. The van der Waals surface area contributed by atoms with E-state index in [1.807, 2.05) is 6.07 Å². The minimum Gasteiger partial charge on any atom is -0.495 e. The maximum atomic E-state index is 12.0. The van der Waals surface area contributed by atoms with Crippen LogP contribution >= 0.6 is 11.6 Å². The molecule has 5 nitrogen and oxygen atoms in total. The monoisotopic (exact) mass is 308 g/mol. The lowest BCUT2D eigenvalue weighted by Crippen LogP contribution is -2.37. The van der Waals surface area contributed by atoms with Gasteiger partial charge < -0.3 is 19.8 Å². The Labute approximate surface area is 128 Å². The Morgan fingerprint density at radius 3 is 2.86 bits per heavy atom. The number of amides is 1. The molecule has 0 aliphatic rings. The Bertz CT molecular complexity index is 599. The Balaban J connectivity index is 1.89. The predicted octanol–water partition coefficient (Wildman–Crippen LogP) is 3.06. The number of rotatable bonds is 6. The van der Waals surface area contributed by atoms with Gasteiger partial charge in [0, 0.05) is 5.69 Å². The number of methoxy groups -OCH3 is 1. The quantitative estimate of drug-likeness (QED) is 0.861. The number of hydrogen-bond donors (Lipinski definition) is 2. The van der Waals surface area contributed by atoms with Gasteiger partial charge in [-0.1, -0.05) is 11.6 Å². The van der Waals surface area contributed by atoms with Crippen molar-refractivity contribution in [3.63, 3.8) is 0 Å². The van der Waals surface area contributed by atoms with E-state index in [-0.39, 0.29) is 5.91 Å². The third kappa shape index (κ3) is 4.16. The molecule has 2 rings (SSSR count). The summed E-state index contributed by atoms with van der Waals surface area (Å²) in [5, 5.41) is 6.36. The second-order valence-corrected chi connectivity index (χ2v) is 4.92. The molecule has 112 valence electrons. The van der Waals surface area contributed by atoms with Crippen LogP contribution in [0.2, 0.25) is 5.02 Å². The average Bonchev–Trinajstić information content (AvgIpc) is 2.98. The summed E-state index contributed by atoms with van der Waals surface area (Å²) in [6.45, 7) is 2.14. The van der Waals surface area contributed by atoms with Crippen molar-refractivity contribution < 1.29 is 13.9 Å². The van der Waals surface area contributed by atoms with Gasteiger partial charge in [0.05, 0.1) is 24.9 Å². The summed E-state index contributed by atoms with van der Waals surface area (Å²) in [5.74, 6) is 1.18. The Morgan fingerprint density at radius 2 is 2.24 bits per heavy atom. The highest BCUT2D eigenvalue weighted by atomic mass is 35.5. The molecule has 0 saturated heterocycles. The molecule has 0 saturated carbocycles. The van der Waals surface area contributed by atoms with Crippen LogP contribution in [-0.4, -0.2) is 19.1 Å². The number of carbonyl (C=O) groups is 1. The molecule has 2 aromatic rings. The highest BCUT2D eigenvalue weighted by molar-refractivity contribution is 6.32. The first-order chi connectivity index (χ1) is 10.1. The second-order valence-electron chi connectivity index (χ2n) is 4.51. The predicted molar refractivity (Wildman–Crippen MR) is 81.6 cm³/mol. The lowest BCUT2D eigenvalue weighted by atomic mass is 10.2. The molecule has 0 fully saturated rings. The van der Waals surface area contributed by atoms with Crippen molar-refractivity contribution in [2.45, 2.75) is 19.5 Å². The van der Waals surface area contributed by atoms with Gasteiger partial charge >= 0.3 is 0 Å². The molecule has 1 aromatic heterocycles. The minimum absolute atomic E-state index is 0.127. The zero-order valence-electron chi connectivity index (χ0n) is 11.9. The smallest absolute Gasteiger partial charge is 0.242 e. The molecule has 1 atom stereocenters. The van der Waals surface area contributed by atoms with Gasteiger partial charge in [-0.2, -0.15) is 0 Å². The van der Waals surface area contributed by atoms with Crippen LogP contribution in [0.1, 0.15) is 12.7 Å². The molecule has 1 unspecified atom stereocenters. The molecule has 1 heterocycles. The van der Waals surface area contributed by atoms with E-state index in [1.165, 1.54) is 0 Å². The topological polar surface area (TPSA) is 63.5 Å². The second kappa shape index (κ2) is 7.04. The van der Waals surface area contributed by atoms with E-state index in [9.17, 15) is 4.79 Å². The van der Waals surface area contributed by atoms with Crippen LogP contribution in [0.4, 0.5) is 5.69 Å². The van der Waals surface area contributed by atoms with Crippen molar-refractivity contribution in [1.82, 2.24) is 5.32 Å². The van der Waals surface area contributed by atoms with E-state index in [2.05, 4.69) is 10.6 Å². The molecular formula is C15H17ClN2O3. The maximum Gasteiger partial charge on any atom is 0.242 e. The van der Waals surface area contributed by atoms with E-state index in [4.69, 9.17) is 20.8 Å². The van der Waals surface area contributed by atoms with Crippen molar-refractivity contribution in [1.29, 1.82) is 0 Å². The van der Waals surface area contributed by atoms with Crippen molar-refractivity contribution in [3.05, 3.63) is 47.4 Å². The van der Waals surface area contributed by atoms with Gasteiger partial charge in [0.25, 0.3) is 0 Å². The number of hydrogen-bond acceptors (Lipinski definition) is 4. The average molecular weight is 309 g/mol. The summed E-state index contributed by atoms with van der Waals surface area (Å²) < 4.78 is 10.2. The Hall–Kier alpha value is -2.14. The lowest BCUT2D eigenvalue weighted by Gasteiger charge is -2.15. The molecule has 0 spiro atoms. The first-order valence-corrected chi connectivity index (χ1v) is 6.88. The SMILES string of the molecule is COc1ccc(NC(C)C(=O)NCc2ccco2)cc1Cl. The lowest BCUT2D eigenvalue weighted by molar-refractivity contribution is -0.121. The molecule has 0 radical (unpaired) electrons. The maximum absolute atomic E-state index is 12.0. The fraction of sp³-hybridized carbons (Fsp3) is 0.267. The van der Waals surface area contributed by atoms with Gasteiger partial charge in [-0.05, 0) is 37.3 Å². The third-order valence-corrected chi connectivity index (χ3v) is 3.24. The standard InChI is InChI=1S/C15H17ClN2O3/c1-10(15(19)17-9-12-4-3-7-21-12)18-11-5-6-14(20-2)13(16)8-11/h3-8,10,18H,9H2,1-2H3,(H,17,19). The first kappa shape index (κ1) is 15.3. The molecule has 1 amide bonds. The normalized spacial score (nSPS) is 11.8. The van der Waals surface area contributed by atoms with Crippen LogP contribution < -0.4 is 15.4 Å². The largest absolute Gasteiger partial charge is 0.495 e. The molecule has 6 heteroatoms. The minimum atomic E-state index is -0.399. The van der Waals surface area contributed by atoms with Crippen molar-refractivity contribution in [2.24, 2.45) is 0 Å². The summed E-state index contributed by atoms with van der Waals surface area (Å²) in [5.41, 5.74) is 0.751. The highest BCUT2D eigenvalue weighted by Gasteiger charge is 2.13. The van der Waals surface area contributed by atoms with Crippen LogP contribution in [0.15, 0.2) is 41.0 Å². The molecule has 0 aliphatic heterocycles. The van der Waals surface area contributed by atoms with Crippen molar-refractivity contribution in [2.75, 3.05) is 12.4 Å². The molecule has 0 bridgehead atoms. The molecule has 0 aliphatic carbocycles. The van der Waals surface area contributed by atoms with E-state index in [1.54, 1.807) is 44.6 Å². The van der Waals surface area contributed by atoms with Crippen molar-refractivity contribution >= 4 is 23.2 Å². The zero-order valence-corrected chi connectivity index (χ0v) is 12.6. The zero-order chi connectivity index (χ0) is 15.2. The van der Waals surface area contributed by atoms with Gasteiger partial charge in [0.2, 0.25) is 5.91 Å². The van der Waals surface area contributed by atoms with Crippen LogP contribution in [0.5, 0.6) is 5.75 Å². The van der Waals surface area contributed by atoms with Crippen LogP contribution in [0.25, 0.3) is 0 Å². The fourth-order valence-electron chi connectivity index (χ4n) is 1.81. The van der Waals surface area contributed by atoms with Gasteiger partial charge in [-0.3, -0.25) is 4.79 Å². The first-order valence-electron chi connectivity index (χ1n) is 6.50. The summed E-state index contributed by atoms with van der Waals surface area (Å²) in [6.07, 6.45) is 1.57. The Morgan fingerprint density at radius 1 is 1.43 bits per heavy atom. The number of furan rings is 1. The van der Waals surface area contributed by atoms with Gasteiger partial charge in [0.1, 0.15) is 17.6 Å². The van der Waals surface area contributed by atoms with Crippen molar-refractivity contribution in [3.8, 4) is 5.75 Å². The number of anilines is 1. The van der Waals surface area contributed by atoms with E-state index in [0.29, 0.717) is 23.1 Å². The third-order valence-electron chi connectivity index (χ3n) is 2.95. The molecule has 1 aromatic carbocycles. The number of nitrogens with one attached hydrogen (secondary N) is 2. The summed E-state index contributed by atoms with van der Waals surface area (Å²) in [6, 6.07) is 8.46. The fourth-order valence-corrected chi connectivity index (χ4v) is 2.07. The van der Waals surface area contributed by atoms with Gasteiger partial charge in [0.15, 0.2) is 0 Å². The van der Waals surface area contributed by atoms with E-state index >= 15 is 0 Å².